The second kappa shape index (κ2) is 13.3. The van der Waals surface area contributed by atoms with Crippen LogP contribution in [0.3, 0.4) is 0 Å². The molecule has 0 spiro atoms. The molecule has 0 rings (SSSR count). The summed E-state index contributed by atoms with van der Waals surface area (Å²) in [6.45, 7) is 6.97. The molecule has 0 radical (unpaired) electrons. The smallest absolute Gasteiger partial charge is 0.310 e. The average molecular weight is 215 g/mol. The Morgan fingerprint density at radius 1 is 1.42 bits per heavy atom. The molecule has 74 valence electrons. The number of carboxylic acids is 1. The van der Waals surface area contributed by atoms with Gasteiger partial charge in [-0.2, -0.15) is 6.42 Å². The van der Waals surface area contributed by atoms with E-state index < -0.39 is 5.97 Å². The molecule has 1 N–H and O–H groups in total. The average Bonchev–Trinajstić information content (AvgIpc) is 1.85. The van der Waals surface area contributed by atoms with Crippen LogP contribution in [0.5, 0.6) is 0 Å². The van der Waals surface area contributed by atoms with Gasteiger partial charge in [-0.3, -0.25) is 9.59 Å². The van der Waals surface area contributed by atoms with Gasteiger partial charge in [0.1, 0.15) is 12.2 Å². The molecule has 0 aromatic rings. The molecule has 0 aliphatic heterocycles. The predicted octanol–water partition coefficient (Wildman–Crippen LogP) is 1.67. The van der Waals surface area contributed by atoms with E-state index in [2.05, 4.69) is 13.8 Å². The monoisotopic (exact) mass is 215 g/mol. The summed E-state index contributed by atoms with van der Waals surface area (Å²) in [6, 6.07) is 0. The second-order valence-electron chi connectivity index (χ2n) is 2.13. The van der Waals surface area contributed by atoms with Crippen LogP contribution in [0.4, 0.5) is 0 Å². The summed E-state index contributed by atoms with van der Waals surface area (Å²) in [5.74, 6) is -1.37. The first-order valence-corrected chi connectivity index (χ1v) is 3.55. The first kappa shape index (κ1) is 17.7. The van der Waals surface area contributed by atoms with E-state index in [-0.39, 0.29) is 29.3 Å². The Hall–Kier alpha value is -0.341. The summed E-state index contributed by atoms with van der Waals surface area (Å²) in [6.07, 6.45) is 1.92. The van der Waals surface area contributed by atoms with Crippen LogP contribution >= 0.6 is 0 Å². The van der Waals surface area contributed by atoms with E-state index in [1.807, 2.05) is 0 Å². The molecule has 0 atom stereocenters. The molecule has 0 aliphatic carbocycles. The van der Waals surface area contributed by atoms with Crippen molar-refractivity contribution < 1.29 is 31.8 Å². The number of aliphatic carboxylic acids is 1. The minimum Gasteiger partial charge on any atom is -0.481 e. The number of rotatable bonds is 3. The van der Waals surface area contributed by atoms with Crippen LogP contribution in [0.25, 0.3) is 0 Å². The summed E-state index contributed by atoms with van der Waals surface area (Å²) in [7, 11) is 0. The maximum atomic E-state index is 9.87. The molecule has 0 heterocycles. The van der Waals surface area contributed by atoms with Crippen molar-refractivity contribution in [3.05, 3.63) is 6.92 Å². The van der Waals surface area contributed by atoms with E-state index in [1.165, 1.54) is 13.3 Å². The van der Waals surface area contributed by atoms with E-state index in [1.54, 1.807) is 0 Å². The molecule has 4 heteroatoms. The van der Waals surface area contributed by atoms with Gasteiger partial charge in [0.2, 0.25) is 0 Å². The van der Waals surface area contributed by atoms with Crippen molar-refractivity contribution in [3.8, 4) is 0 Å². The first-order chi connectivity index (χ1) is 5.04. The normalized spacial score (nSPS) is 7.25. The summed E-state index contributed by atoms with van der Waals surface area (Å²) in [5.41, 5.74) is 0. The number of Topliss-reactive ketones (excluding diaryl/α,β-unsaturated/α-hetero) is 1. The Bertz CT molecular complexity index is 109. The van der Waals surface area contributed by atoms with Gasteiger partial charge in [0.05, 0.1) is 0 Å². The van der Waals surface area contributed by atoms with Crippen molar-refractivity contribution in [1.82, 2.24) is 0 Å². The quantitative estimate of drug-likeness (QED) is 0.442. The molecular weight excluding hydrogens is 200 g/mol. The zero-order valence-electron chi connectivity index (χ0n) is 7.45. The third-order valence-corrected chi connectivity index (χ3v) is 0.754. The van der Waals surface area contributed by atoms with Gasteiger partial charge in [-0.05, 0) is 6.92 Å². The molecule has 0 fully saturated rings. The minimum atomic E-state index is -1.06. The van der Waals surface area contributed by atoms with Crippen molar-refractivity contribution >= 4 is 11.8 Å². The Balaban J connectivity index is -0.000000142. The summed E-state index contributed by atoms with van der Waals surface area (Å²) >= 11 is 0. The third-order valence-electron chi connectivity index (χ3n) is 0.754. The summed E-state index contributed by atoms with van der Waals surface area (Å²) in [4.78, 5) is 19.5. The van der Waals surface area contributed by atoms with E-state index in [9.17, 15) is 9.59 Å². The molecule has 0 unspecified atom stereocenters. The van der Waals surface area contributed by atoms with E-state index in [4.69, 9.17) is 5.11 Å². The molecule has 0 saturated carbocycles. The SMILES string of the molecule is CC(=O)CC(=O)O.[CH2-]CCC.[Fe]. The van der Waals surface area contributed by atoms with Crippen LogP contribution in [0.15, 0.2) is 0 Å². The largest absolute Gasteiger partial charge is 0.481 e. The number of carbonyl (C=O) groups excluding carboxylic acids is 1. The zero-order valence-corrected chi connectivity index (χ0v) is 8.55. The summed E-state index contributed by atoms with van der Waals surface area (Å²) in [5, 5.41) is 7.86. The zero-order chi connectivity index (χ0) is 9.28. The van der Waals surface area contributed by atoms with Gasteiger partial charge in [-0.1, -0.05) is 13.3 Å². The van der Waals surface area contributed by atoms with Crippen LogP contribution in [0, 0.1) is 6.92 Å². The van der Waals surface area contributed by atoms with E-state index in [0.29, 0.717) is 0 Å². The number of ketones is 1. The molecule has 0 aliphatic rings. The van der Waals surface area contributed by atoms with Crippen molar-refractivity contribution in [3.63, 3.8) is 0 Å². The maximum Gasteiger partial charge on any atom is 0.310 e. The predicted molar refractivity (Wildman–Crippen MR) is 43.2 cm³/mol. The number of hydrogen-bond donors (Lipinski definition) is 1. The number of unbranched alkanes of at least 4 members (excludes halogenated alkanes) is 1. The number of hydrogen-bond acceptors (Lipinski definition) is 2. The molecule has 0 bridgehead atoms. The van der Waals surface area contributed by atoms with Gasteiger partial charge in [-0.15, -0.1) is 0 Å². The van der Waals surface area contributed by atoms with Crippen molar-refractivity contribution in [2.45, 2.75) is 33.1 Å². The third kappa shape index (κ3) is 33.4. The summed E-state index contributed by atoms with van der Waals surface area (Å²) < 4.78 is 0. The Kier molecular flexibility index (Phi) is 19.5. The van der Waals surface area contributed by atoms with Gasteiger partial charge in [0.25, 0.3) is 0 Å². The molecule has 0 saturated heterocycles. The Morgan fingerprint density at radius 3 is 1.75 bits per heavy atom. The fourth-order valence-electron chi connectivity index (χ4n) is 0.213. The molecule has 0 amide bonds. The molecule has 3 nitrogen and oxygen atoms in total. The van der Waals surface area contributed by atoms with Crippen LogP contribution in [0.1, 0.15) is 33.1 Å². The topological polar surface area (TPSA) is 54.4 Å². The fraction of sp³-hybridized carbons (Fsp3) is 0.625. The van der Waals surface area contributed by atoms with Crippen LogP contribution in [-0.2, 0) is 26.7 Å². The van der Waals surface area contributed by atoms with Gasteiger partial charge in [0, 0.05) is 17.1 Å². The molecule has 0 aromatic heterocycles. The van der Waals surface area contributed by atoms with Crippen LogP contribution in [-0.4, -0.2) is 16.9 Å². The standard InChI is InChI=1S/C4H6O3.C4H9.Fe/c1-3(5)2-4(6)7;1-3-4-2;/h2H2,1H3,(H,6,7);1,3-4H2,2H3;/q;-1;. The van der Waals surface area contributed by atoms with E-state index in [0.717, 1.165) is 6.42 Å². The van der Waals surface area contributed by atoms with Gasteiger partial charge in [-0.25, -0.2) is 0 Å². The van der Waals surface area contributed by atoms with Crippen LogP contribution < -0.4 is 0 Å². The first-order valence-electron chi connectivity index (χ1n) is 3.55. The second-order valence-corrected chi connectivity index (χ2v) is 2.13. The van der Waals surface area contributed by atoms with Gasteiger partial charge >= 0.3 is 5.97 Å². The van der Waals surface area contributed by atoms with E-state index >= 15 is 0 Å². The van der Waals surface area contributed by atoms with Crippen molar-refractivity contribution in [2.75, 3.05) is 0 Å². The maximum absolute atomic E-state index is 9.87. The van der Waals surface area contributed by atoms with Gasteiger partial charge < -0.3 is 12.0 Å². The Labute approximate surface area is 84.0 Å². The van der Waals surface area contributed by atoms with Crippen molar-refractivity contribution in [2.24, 2.45) is 0 Å². The minimum absolute atomic E-state index is 0. The van der Waals surface area contributed by atoms with Crippen molar-refractivity contribution in [1.29, 1.82) is 0 Å². The molecule has 0 aromatic carbocycles. The van der Waals surface area contributed by atoms with Crippen LogP contribution in [0.2, 0.25) is 0 Å². The number of carboxylic acid groups (broad SMARTS) is 1. The molecular formula is C8H15FeO3-. The van der Waals surface area contributed by atoms with Gasteiger partial charge in [0.15, 0.2) is 0 Å². The number of carbonyl (C=O) groups is 2. The Morgan fingerprint density at radius 2 is 1.75 bits per heavy atom. The molecule has 12 heavy (non-hydrogen) atoms. The fourth-order valence-corrected chi connectivity index (χ4v) is 0.213.